The van der Waals surface area contributed by atoms with Gasteiger partial charge in [0.25, 0.3) is 0 Å². The van der Waals surface area contributed by atoms with Crippen molar-refractivity contribution in [3.05, 3.63) is 65.2 Å². The summed E-state index contributed by atoms with van der Waals surface area (Å²) in [6, 6.07) is 15.5. The van der Waals surface area contributed by atoms with Crippen LogP contribution in [0.5, 0.6) is 5.75 Å². The van der Waals surface area contributed by atoms with Gasteiger partial charge in [-0.2, -0.15) is 0 Å². The van der Waals surface area contributed by atoms with Gasteiger partial charge in [-0.3, -0.25) is 9.59 Å². The van der Waals surface area contributed by atoms with Crippen LogP contribution >= 0.6 is 0 Å². The number of nitrogens with one attached hydrogen (secondary N) is 1. The van der Waals surface area contributed by atoms with E-state index in [0.29, 0.717) is 25.9 Å². The smallest absolute Gasteiger partial charge is 0.242 e. The second-order valence-electron chi connectivity index (χ2n) is 7.86. The van der Waals surface area contributed by atoms with Gasteiger partial charge in [0, 0.05) is 19.5 Å². The van der Waals surface area contributed by atoms with Crippen molar-refractivity contribution in [2.75, 3.05) is 13.7 Å². The van der Waals surface area contributed by atoms with E-state index in [1.54, 1.807) is 18.9 Å². The molecule has 0 saturated heterocycles. The Labute approximate surface area is 186 Å². The molecule has 5 nitrogen and oxygen atoms in total. The number of rotatable bonds is 12. The number of carbonyl (C=O) groups is 2. The lowest BCUT2D eigenvalue weighted by atomic mass is 10.0. The molecule has 0 saturated carbocycles. The molecular weight excluding hydrogens is 388 g/mol. The summed E-state index contributed by atoms with van der Waals surface area (Å²) in [4.78, 5) is 27.5. The first-order valence-corrected chi connectivity index (χ1v) is 11.3. The second-order valence-corrected chi connectivity index (χ2v) is 7.86. The summed E-state index contributed by atoms with van der Waals surface area (Å²) >= 11 is 0. The third kappa shape index (κ3) is 7.74. The van der Waals surface area contributed by atoms with Crippen LogP contribution < -0.4 is 10.1 Å². The first kappa shape index (κ1) is 24.4. The molecule has 1 atom stereocenters. The van der Waals surface area contributed by atoms with Crippen molar-refractivity contribution < 1.29 is 14.3 Å². The molecule has 1 N–H and O–H groups in total. The third-order valence-corrected chi connectivity index (χ3v) is 5.57. The van der Waals surface area contributed by atoms with Gasteiger partial charge in [0.15, 0.2) is 0 Å². The fraction of sp³-hybridized carbons (Fsp3) is 0.462. The van der Waals surface area contributed by atoms with Crippen molar-refractivity contribution in [2.45, 2.75) is 65.5 Å². The molecule has 2 amide bonds. The van der Waals surface area contributed by atoms with Gasteiger partial charge < -0.3 is 15.0 Å². The molecule has 5 heteroatoms. The standard InChI is InChI=1S/C26H36N2O3/c1-5-7-18-27-26(30)20(3)28(19-23-12-15-24(31-4)16-13-23)25(29)17-14-22-10-8-21(6-2)9-11-22/h8-13,15-16,20H,5-7,14,17-19H2,1-4H3,(H,27,30)/t20-/m1/s1. The Morgan fingerprint density at radius 3 is 2.16 bits per heavy atom. The topological polar surface area (TPSA) is 58.6 Å². The number of benzene rings is 2. The summed E-state index contributed by atoms with van der Waals surface area (Å²) in [6.07, 6.45) is 3.97. The van der Waals surface area contributed by atoms with Gasteiger partial charge in [-0.25, -0.2) is 0 Å². The van der Waals surface area contributed by atoms with Crippen molar-refractivity contribution in [1.82, 2.24) is 10.2 Å². The Hall–Kier alpha value is -2.82. The summed E-state index contributed by atoms with van der Waals surface area (Å²) in [7, 11) is 1.63. The van der Waals surface area contributed by atoms with Gasteiger partial charge in [0.1, 0.15) is 11.8 Å². The molecule has 0 aliphatic heterocycles. The van der Waals surface area contributed by atoms with Crippen LogP contribution in [0.15, 0.2) is 48.5 Å². The Balaban J connectivity index is 2.09. The van der Waals surface area contributed by atoms with Crippen LogP contribution in [-0.4, -0.2) is 36.4 Å². The van der Waals surface area contributed by atoms with E-state index in [0.717, 1.165) is 36.1 Å². The zero-order valence-electron chi connectivity index (χ0n) is 19.3. The summed E-state index contributed by atoms with van der Waals surface area (Å²) in [5.74, 6) is 0.638. The van der Waals surface area contributed by atoms with Crippen molar-refractivity contribution in [2.24, 2.45) is 0 Å². The highest BCUT2D eigenvalue weighted by molar-refractivity contribution is 5.87. The van der Waals surface area contributed by atoms with Crippen LogP contribution in [0.1, 0.15) is 56.7 Å². The zero-order valence-corrected chi connectivity index (χ0v) is 19.3. The summed E-state index contributed by atoms with van der Waals surface area (Å²) < 4.78 is 5.22. The molecule has 0 spiro atoms. The number of hydrogen-bond donors (Lipinski definition) is 1. The average molecular weight is 425 g/mol. The highest BCUT2D eigenvalue weighted by Crippen LogP contribution is 2.16. The predicted molar refractivity (Wildman–Crippen MR) is 125 cm³/mol. The van der Waals surface area contributed by atoms with Gasteiger partial charge in [-0.1, -0.05) is 56.7 Å². The van der Waals surface area contributed by atoms with Crippen LogP contribution in [0.4, 0.5) is 0 Å². The lowest BCUT2D eigenvalue weighted by Crippen LogP contribution is -2.47. The number of amides is 2. The predicted octanol–water partition coefficient (Wildman–Crippen LogP) is 4.52. The molecule has 0 aromatic heterocycles. The average Bonchev–Trinajstić information content (AvgIpc) is 2.81. The zero-order chi connectivity index (χ0) is 22.6. The summed E-state index contributed by atoms with van der Waals surface area (Å²) in [6.45, 7) is 7.04. The van der Waals surface area contributed by atoms with Crippen LogP contribution in [-0.2, 0) is 29.0 Å². The minimum absolute atomic E-state index is 0.0199. The van der Waals surface area contributed by atoms with E-state index in [1.165, 1.54) is 5.56 Å². The van der Waals surface area contributed by atoms with Crippen LogP contribution in [0.2, 0.25) is 0 Å². The summed E-state index contributed by atoms with van der Waals surface area (Å²) in [5.41, 5.74) is 3.39. The quantitative estimate of drug-likeness (QED) is 0.510. The molecular formula is C26H36N2O3. The number of ether oxygens (including phenoxy) is 1. The molecule has 0 unspecified atom stereocenters. The van der Waals surface area contributed by atoms with E-state index in [-0.39, 0.29) is 11.8 Å². The Morgan fingerprint density at radius 1 is 0.968 bits per heavy atom. The molecule has 0 aliphatic rings. The maximum atomic E-state index is 13.2. The Kier molecular flexibility index (Phi) is 10.1. The minimum atomic E-state index is -0.533. The fourth-order valence-corrected chi connectivity index (χ4v) is 3.38. The van der Waals surface area contributed by atoms with Gasteiger partial charge in [0.05, 0.1) is 7.11 Å². The van der Waals surface area contributed by atoms with Crippen molar-refractivity contribution >= 4 is 11.8 Å². The van der Waals surface area contributed by atoms with Crippen molar-refractivity contribution in [3.63, 3.8) is 0 Å². The minimum Gasteiger partial charge on any atom is -0.497 e. The molecule has 2 rings (SSSR count). The van der Waals surface area contributed by atoms with E-state index in [9.17, 15) is 9.59 Å². The highest BCUT2D eigenvalue weighted by Gasteiger charge is 2.25. The first-order valence-electron chi connectivity index (χ1n) is 11.3. The Morgan fingerprint density at radius 2 is 1.58 bits per heavy atom. The molecule has 2 aromatic rings. The molecule has 0 fully saturated rings. The normalized spacial score (nSPS) is 11.6. The van der Waals surface area contributed by atoms with Crippen molar-refractivity contribution in [1.29, 1.82) is 0 Å². The number of hydrogen-bond acceptors (Lipinski definition) is 3. The van der Waals surface area contributed by atoms with E-state index in [2.05, 4.69) is 43.4 Å². The van der Waals surface area contributed by atoms with E-state index in [1.807, 2.05) is 24.3 Å². The van der Waals surface area contributed by atoms with E-state index < -0.39 is 6.04 Å². The summed E-state index contributed by atoms with van der Waals surface area (Å²) in [5, 5.41) is 2.96. The Bertz CT molecular complexity index is 816. The van der Waals surface area contributed by atoms with Crippen LogP contribution in [0, 0.1) is 0 Å². The highest BCUT2D eigenvalue weighted by atomic mass is 16.5. The monoisotopic (exact) mass is 424 g/mol. The SMILES string of the molecule is CCCCNC(=O)[C@@H](C)N(Cc1ccc(OC)cc1)C(=O)CCc1ccc(CC)cc1. The molecule has 0 aliphatic carbocycles. The maximum Gasteiger partial charge on any atom is 0.242 e. The molecule has 2 aromatic carbocycles. The molecule has 0 radical (unpaired) electrons. The van der Waals surface area contributed by atoms with Crippen LogP contribution in [0.3, 0.4) is 0 Å². The van der Waals surface area contributed by atoms with E-state index >= 15 is 0 Å². The molecule has 0 heterocycles. The second kappa shape index (κ2) is 12.8. The van der Waals surface area contributed by atoms with E-state index in [4.69, 9.17) is 4.74 Å². The number of aryl methyl sites for hydroxylation is 2. The van der Waals surface area contributed by atoms with Gasteiger partial charge >= 0.3 is 0 Å². The molecule has 168 valence electrons. The number of carbonyl (C=O) groups excluding carboxylic acids is 2. The first-order chi connectivity index (χ1) is 15.0. The largest absolute Gasteiger partial charge is 0.497 e. The number of unbranched alkanes of at least 4 members (excludes halogenated alkanes) is 1. The molecule has 31 heavy (non-hydrogen) atoms. The maximum absolute atomic E-state index is 13.2. The molecule has 0 bridgehead atoms. The fourth-order valence-electron chi connectivity index (χ4n) is 3.38. The van der Waals surface area contributed by atoms with Gasteiger partial charge in [-0.05, 0) is 55.0 Å². The van der Waals surface area contributed by atoms with Crippen molar-refractivity contribution in [3.8, 4) is 5.75 Å². The van der Waals surface area contributed by atoms with Crippen LogP contribution in [0.25, 0.3) is 0 Å². The van der Waals surface area contributed by atoms with Gasteiger partial charge in [-0.15, -0.1) is 0 Å². The van der Waals surface area contributed by atoms with Gasteiger partial charge in [0.2, 0.25) is 11.8 Å². The number of nitrogens with zero attached hydrogens (tertiary/aromatic N) is 1. The lowest BCUT2D eigenvalue weighted by molar-refractivity contribution is -0.140. The third-order valence-electron chi connectivity index (χ3n) is 5.57. The number of methoxy groups -OCH3 is 1. The lowest BCUT2D eigenvalue weighted by Gasteiger charge is -2.29.